The molecule has 1 N–H and O–H groups in total. The molecule has 0 saturated heterocycles. The maximum Gasteiger partial charge on any atom is 0.522 e. The lowest BCUT2D eigenvalue weighted by atomic mass is 10.1. The Balaban J connectivity index is 0.000000333. The molecular weight excluding hydrogens is 484 g/mol. The Morgan fingerprint density at radius 3 is 1.84 bits per heavy atom. The molecule has 0 unspecified atom stereocenters. The molecule has 25 heavy (non-hydrogen) atoms. The molecule has 0 bridgehead atoms. The first-order valence-corrected chi connectivity index (χ1v) is 13.1. The SMILES string of the molecule is C[Si](C)(C)c1c(I)cccc1-c1ccccc1.O=S(=O)(O)C(F)(F)F. The minimum atomic E-state index is -5.84. The number of alkyl halides is 3. The predicted molar refractivity (Wildman–Crippen MR) is 105 cm³/mol. The van der Waals surface area contributed by atoms with E-state index in [4.69, 9.17) is 13.0 Å². The van der Waals surface area contributed by atoms with Crippen LogP contribution in [-0.4, -0.2) is 26.6 Å². The Morgan fingerprint density at radius 1 is 0.960 bits per heavy atom. The standard InChI is InChI=1S/C15H17ISi.CHF3O3S/c1-17(2,3)15-13(10-7-11-14(15)16)12-8-5-4-6-9-12;2-1(3,4)8(5,6)7/h4-11H,1-3H3;(H,5,6,7). The first-order valence-electron chi connectivity index (χ1n) is 7.13. The Morgan fingerprint density at radius 2 is 1.44 bits per heavy atom. The lowest BCUT2D eigenvalue weighted by molar-refractivity contribution is -0.0510. The zero-order chi connectivity index (χ0) is 19.5. The third-order valence-corrected chi connectivity index (χ3v) is 7.17. The first kappa shape index (κ1) is 22.1. The molecule has 138 valence electrons. The van der Waals surface area contributed by atoms with E-state index in [9.17, 15) is 13.2 Å². The fraction of sp³-hybridized carbons (Fsp3) is 0.250. The number of hydrogen-bond acceptors (Lipinski definition) is 2. The largest absolute Gasteiger partial charge is 0.522 e. The van der Waals surface area contributed by atoms with Crippen LogP contribution in [0.15, 0.2) is 48.5 Å². The lowest BCUT2D eigenvalue weighted by Crippen LogP contribution is -2.41. The van der Waals surface area contributed by atoms with Gasteiger partial charge in [-0.25, -0.2) is 0 Å². The Kier molecular flexibility index (Phi) is 7.25. The summed E-state index contributed by atoms with van der Waals surface area (Å²) in [6.45, 7) is 7.24. The van der Waals surface area contributed by atoms with Crippen molar-refractivity contribution in [1.82, 2.24) is 0 Å². The average molecular weight is 502 g/mol. The highest BCUT2D eigenvalue weighted by molar-refractivity contribution is 14.1. The van der Waals surface area contributed by atoms with Gasteiger partial charge in [0.2, 0.25) is 0 Å². The fourth-order valence-corrected chi connectivity index (χ4v) is 6.91. The van der Waals surface area contributed by atoms with Crippen LogP contribution in [0.25, 0.3) is 11.1 Å². The van der Waals surface area contributed by atoms with Crippen LogP contribution in [0.5, 0.6) is 0 Å². The molecule has 0 aromatic heterocycles. The topological polar surface area (TPSA) is 54.4 Å². The fourth-order valence-electron chi connectivity index (χ4n) is 2.14. The van der Waals surface area contributed by atoms with Crippen LogP contribution in [-0.2, 0) is 10.1 Å². The van der Waals surface area contributed by atoms with Crippen molar-refractivity contribution in [2.45, 2.75) is 25.1 Å². The van der Waals surface area contributed by atoms with Crippen LogP contribution in [0, 0.1) is 3.57 Å². The smallest absolute Gasteiger partial charge is 0.279 e. The predicted octanol–water partition coefficient (Wildman–Crippen LogP) is 4.90. The normalized spacial score (nSPS) is 12.3. The summed E-state index contributed by atoms with van der Waals surface area (Å²) in [6, 6.07) is 17.3. The number of rotatable bonds is 2. The first-order chi connectivity index (χ1) is 11.2. The zero-order valence-electron chi connectivity index (χ0n) is 13.8. The molecule has 0 aliphatic heterocycles. The van der Waals surface area contributed by atoms with E-state index in [1.165, 1.54) is 14.7 Å². The van der Waals surface area contributed by atoms with Crippen molar-refractivity contribution in [3.63, 3.8) is 0 Å². The molecule has 0 aliphatic carbocycles. The third-order valence-electron chi connectivity index (χ3n) is 3.14. The number of hydrogen-bond donors (Lipinski definition) is 1. The molecule has 0 aliphatic rings. The van der Waals surface area contributed by atoms with Gasteiger partial charge in [0.25, 0.3) is 0 Å². The second-order valence-electron chi connectivity index (χ2n) is 6.20. The van der Waals surface area contributed by atoms with E-state index in [1.54, 1.807) is 5.19 Å². The van der Waals surface area contributed by atoms with Crippen molar-refractivity contribution in [2.24, 2.45) is 0 Å². The highest BCUT2D eigenvalue weighted by Gasteiger charge is 2.44. The molecule has 3 nitrogen and oxygen atoms in total. The summed E-state index contributed by atoms with van der Waals surface area (Å²) in [5, 5.41) is 1.58. The molecule has 0 heterocycles. The molecular formula is C16H18F3IO3SSi. The number of halogens is 4. The van der Waals surface area contributed by atoms with Gasteiger partial charge in [-0.2, -0.15) is 21.6 Å². The van der Waals surface area contributed by atoms with Gasteiger partial charge in [0, 0.05) is 3.57 Å². The minimum Gasteiger partial charge on any atom is -0.279 e. The molecule has 2 aromatic rings. The minimum absolute atomic E-state index is 1.31. The van der Waals surface area contributed by atoms with E-state index in [0.29, 0.717) is 0 Å². The lowest BCUT2D eigenvalue weighted by Gasteiger charge is -2.23. The maximum absolute atomic E-state index is 10.7. The molecule has 2 rings (SSSR count). The summed E-state index contributed by atoms with van der Waals surface area (Å²) in [4.78, 5) is 0. The van der Waals surface area contributed by atoms with Crippen molar-refractivity contribution in [3.8, 4) is 11.1 Å². The van der Waals surface area contributed by atoms with Gasteiger partial charge < -0.3 is 0 Å². The Bertz CT molecular complexity index is 817. The summed E-state index contributed by atoms with van der Waals surface area (Å²) >= 11 is 2.47. The van der Waals surface area contributed by atoms with E-state index in [2.05, 4.69) is 90.8 Å². The van der Waals surface area contributed by atoms with E-state index in [1.807, 2.05) is 0 Å². The molecule has 2 aromatic carbocycles. The molecule has 0 saturated carbocycles. The monoisotopic (exact) mass is 502 g/mol. The molecule has 0 fully saturated rings. The van der Waals surface area contributed by atoms with Gasteiger partial charge in [0.05, 0.1) is 8.07 Å². The highest BCUT2D eigenvalue weighted by atomic mass is 127. The van der Waals surface area contributed by atoms with Crippen LogP contribution in [0.4, 0.5) is 13.2 Å². The van der Waals surface area contributed by atoms with Crippen molar-refractivity contribution >= 4 is 46.0 Å². The third kappa shape index (κ3) is 6.39. The van der Waals surface area contributed by atoms with Gasteiger partial charge >= 0.3 is 15.6 Å². The van der Waals surface area contributed by atoms with Crippen molar-refractivity contribution in [1.29, 1.82) is 0 Å². The number of benzene rings is 2. The van der Waals surface area contributed by atoms with Crippen LogP contribution in [0.2, 0.25) is 19.6 Å². The van der Waals surface area contributed by atoms with Crippen LogP contribution < -0.4 is 5.19 Å². The van der Waals surface area contributed by atoms with Gasteiger partial charge in [-0.15, -0.1) is 0 Å². The summed E-state index contributed by atoms with van der Waals surface area (Å²) in [7, 11) is -7.15. The quantitative estimate of drug-likeness (QED) is 0.275. The molecule has 0 spiro atoms. The summed E-state index contributed by atoms with van der Waals surface area (Å²) in [5.41, 5.74) is -2.78. The highest BCUT2D eigenvalue weighted by Crippen LogP contribution is 2.23. The van der Waals surface area contributed by atoms with E-state index in [0.717, 1.165) is 0 Å². The average Bonchev–Trinajstić information content (AvgIpc) is 2.45. The van der Waals surface area contributed by atoms with Crippen molar-refractivity contribution in [2.75, 3.05) is 0 Å². The van der Waals surface area contributed by atoms with Crippen LogP contribution >= 0.6 is 22.6 Å². The summed E-state index contributed by atoms with van der Waals surface area (Å²) in [5.74, 6) is 0. The van der Waals surface area contributed by atoms with E-state index >= 15 is 0 Å². The summed E-state index contributed by atoms with van der Waals surface area (Å²) in [6.07, 6.45) is 0. The Hall–Kier alpha value is -0.913. The summed E-state index contributed by atoms with van der Waals surface area (Å²) < 4.78 is 58.9. The van der Waals surface area contributed by atoms with Crippen molar-refractivity contribution in [3.05, 3.63) is 52.1 Å². The zero-order valence-corrected chi connectivity index (χ0v) is 17.8. The van der Waals surface area contributed by atoms with E-state index < -0.39 is 23.7 Å². The van der Waals surface area contributed by atoms with Gasteiger partial charge in [0.15, 0.2) is 0 Å². The maximum atomic E-state index is 10.7. The van der Waals surface area contributed by atoms with Crippen molar-refractivity contribution < 1.29 is 26.1 Å². The second-order valence-corrected chi connectivity index (χ2v) is 13.8. The van der Waals surface area contributed by atoms with Crippen LogP contribution in [0.1, 0.15) is 0 Å². The van der Waals surface area contributed by atoms with Gasteiger partial charge in [-0.05, 0) is 45.0 Å². The van der Waals surface area contributed by atoms with E-state index in [-0.39, 0.29) is 0 Å². The molecule has 9 heteroatoms. The van der Waals surface area contributed by atoms with Crippen LogP contribution in [0.3, 0.4) is 0 Å². The Labute approximate surface area is 160 Å². The van der Waals surface area contributed by atoms with Gasteiger partial charge in [-0.1, -0.05) is 62.1 Å². The van der Waals surface area contributed by atoms with Gasteiger partial charge in [-0.3, -0.25) is 4.55 Å². The second kappa shape index (κ2) is 8.19. The molecule has 0 amide bonds. The molecule has 0 atom stereocenters. The molecule has 0 radical (unpaired) electrons. The van der Waals surface area contributed by atoms with Gasteiger partial charge in [0.1, 0.15) is 0 Å².